The first-order valence-corrected chi connectivity index (χ1v) is 9.96. The number of benzene rings is 1. The topological polar surface area (TPSA) is 92.6 Å². The molecule has 0 spiro atoms. The van der Waals surface area contributed by atoms with Crippen LogP contribution in [-0.4, -0.2) is 40.5 Å². The fourth-order valence-electron chi connectivity index (χ4n) is 3.17. The van der Waals surface area contributed by atoms with Gasteiger partial charge in [-0.1, -0.05) is 6.07 Å². The molecule has 4 rings (SSSR count). The Morgan fingerprint density at radius 2 is 1.90 bits per heavy atom. The van der Waals surface area contributed by atoms with E-state index in [4.69, 9.17) is 4.74 Å². The number of methoxy groups -OCH3 is 1. The molecule has 158 valence electrons. The Kier molecular flexibility index (Phi) is 5.98. The van der Waals surface area contributed by atoms with Crippen molar-refractivity contribution in [2.24, 2.45) is 0 Å². The van der Waals surface area contributed by atoms with Gasteiger partial charge in [-0.25, -0.2) is 4.98 Å². The fraction of sp³-hybridized carbons (Fsp3) is 0.174. The lowest BCUT2D eigenvalue weighted by atomic mass is 10.3. The molecule has 0 saturated heterocycles. The third kappa shape index (κ3) is 5.11. The van der Waals surface area contributed by atoms with Gasteiger partial charge in [-0.05, 0) is 49.4 Å². The highest BCUT2D eigenvalue weighted by Crippen LogP contribution is 2.20. The van der Waals surface area contributed by atoms with Gasteiger partial charge in [0.05, 0.1) is 12.7 Å². The molecule has 1 amide bonds. The Labute approximate surface area is 180 Å². The van der Waals surface area contributed by atoms with Crippen molar-refractivity contribution in [1.82, 2.24) is 19.7 Å². The zero-order valence-corrected chi connectivity index (χ0v) is 17.4. The highest BCUT2D eigenvalue weighted by molar-refractivity contribution is 5.95. The molecule has 0 saturated carbocycles. The summed E-state index contributed by atoms with van der Waals surface area (Å²) in [4.78, 5) is 21.3. The first-order chi connectivity index (χ1) is 15.1. The molecule has 0 unspecified atom stereocenters. The van der Waals surface area contributed by atoms with Crippen molar-refractivity contribution in [2.75, 3.05) is 30.8 Å². The van der Waals surface area contributed by atoms with Crippen molar-refractivity contribution in [2.45, 2.75) is 6.92 Å². The average molecular weight is 416 g/mol. The van der Waals surface area contributed by atoms with Crippen LogP contribution in [0.4, 0.5) is 17.5 Å². The molecule has 0 bridgehead atoms. The smallest absolute Gasteiger partial charge is 0.252 e. The van der Waals surface area contributed by atoms with Crippen LogP contribution < -0.4 is 20.7 Å². The summed E-state index contributed by atoms with van der Waals surface area (Å²) in [6.07, 6.45) is 3.74. The fourth-order valence-corrected chi connectivity index (χ4v) is 3.17. The standard InChI is InChI=1S/C23H24N6O2/c1-16-13-21(27-18-6-8-20(31-2)9-7-18)28-23(26-16)25-11-10-24-22(30)17-14-19-5-3-4-12-29(19)15-17/h3-9,12-15H,10-11H2,1-2H3,(H,24,30)(H2,25,26,27,28). The van der Waals surface area contributed by atoms with Gasteiger partial charge in [0.15, 0.2) is 0 Å². The number of hydrogen-bond acceptors (Lipinski definition) is 6. The van der Waals surface area contributed by atoms with E-state index in [1.807, 2.05) is 78.3 Å². The Morgan fingerprint density at radius 3 is 2.68 bits per heavy atom. The first-order valence-electron chi connectivity index (χ1n) is 9.96. The van der Waals surface area contributed by atoms with E-state index in [0.29, 0.717) is 30.4 Å². The predicted octanol–water partition coefficient (Wildman–Crippen LogP) is 3.63. The van der Waals surface area contributed by atoms with E-state index in [1.165, 1.54) is 0 Å². The predicted molar refractivity (Wildman–Crippen MR) is 121 cm³/mol. The van der Waals surface area contributed by atoms with Gasteiger partial charge in [-0.3, -0.25) is 4.79 Å². The van der Waals surface area contributed by atoms with Crippen LogP contribution >= 0.6 is 0 Å². The quantitative estimate of drug-likeness (QED) is 0.380. The van der Waals surface area contributed by atoms with Gasteiger partial charge in [0.1, 0.15) is 11.6 Å². The Bertz CT molecular complexity index is 1150. The lowest BCUT2D eigenvalue weighted by Gasteiger charge is -2.11. The summed E-state index contributed by atoms with van der Waals surface area (Å²) in [5, 5.41) is 9.33. The van der Waals surface area contributed by atoms with Gasteiger partial charge in [-0.2, -0.15) is 4.98 Å². The number of fused-ring (bicyclic) bond motifs is 1. The summed E-state index contributed by atoms with van der Waals surface area (Å²) in [5.74, 6) is 1.87. The second-order valence-electron chi connectivity index (χ2n) is 7.02. The minimum absolute atomic E-state index is 0.113. The highest BCUT2D eigenvalue weighted by Gasteiger charge is 2.08. The lowest BCUT2D eigenvalue weighted by Crippen LogP contribution is -2.28. The van der Waals surface area contributed by atoms with E-state index in [9.17, 15) is 4.79 Å². The number of pyridine rings is 1. The monoisotopic (exact) mass is 416 g/mol. The van der Waals surface area contributed by atoms with Crippen LogP contribution in [0.2, 0.25) is 0 Å². The van der Waals surface area contributed by atoms with Gasteiger partial charge >= 0.3 is 0 Å². The van der Waals surface area contributed by atoms with E-state index in [2.05, 4.69) is 25.9 Å². The number of ether oxygens (including phenoxy) is 1. The number of rotatable bonds is 8. The number of amides is 1. The highest BCUT2D eigenvalue weighted by atomic mass is 16.5. The van der Waals surface area contributed by atoms with Crippen molar-refractivity contribution in [1.29, 1.82) is 0 Å². The largest absolute Gasteiger partial charge is 0.497 e. The Morgan fingerprint density at radius 1 is 1.06 bits per heavy atom. The number of nitrogens with zero attached hydrogens (tertiary/aromatic N) is 3. The lowest BCUT2D eigenvalue weighted by molar-refractivity contribution is 0.0955. The van der Waals surface area contributed by atoms with Crippen molar-refractivity contribution >= 4 is 28.9 Å². The summed E-state index contributed by atoms with van der Waals surface area (Å²) in [6, 6.07) is 17.2. The second-order valence-corrected chi connectivity index (χ2v) is 7.02. The molecule has 3 N–H and O–H groups in total. The number of anilines is 3. The molecule has 0 aliphatic rings. The van der Waals surface area contributed by atoms with Crippen LogP contribution in [0.25, 0.3) is 5.52 Å². The van der Waals surface area contributed by atoms with Crippen LogP contribution in [0.15, 0.2) is 67.0 Å². The van der Waals surface area contributed by atoms with E-state index in [-0.39, 0.29) is 5.91 Å². The first kappa shape index (κ1) is 20.2. The Balaban J connectivity index is 1.31. The molecular weight excluding hydrogens is 392 g/mol. The normalized spacial score (nSPS) is 10.6. The SMILES string of the molecule is COc1ccc(Nc2cc(C)nc(NCCNC(=O)c3cc4ccccn4c3)n2)cc1. The molecule has 3 aromatic heterocycles. The Hall–Kier alpha value is -4.07. The number of carbonyl (C=O) groups excluding carboxylic acids is 1. The average Bonchev–Trinajstić information content (AvgIpc) is 3.21. The van der Waals surface area contributed by atoms with Crippen molar-refractivity contribution in [3.05, 3.63) is 78.2 Å². The summed E-state index contributed by atoms with van der Waals surface area (Å²) in [5.41, 5.74) is 3.34. The van der Waals surface area contributed by atoms with E-state index < -0.39 is 0 Å². The molecule has 1 aromatic carbocycles. The van der Waals surface area contributed by atoms with Crippen molar-refractivity contribution in [3.63, 3.8) is 0 Å². The molecule has 0 aliphatic heterocycles. The van der Waals surface area contributed by atoms with E-state index >= 15 is 0 Å². The van der Waals surface area contributed by atoms with Crippen molar-refractivity contribution < 1.29 is 9.53 Å². The molecule has 4 aromatic rings. The summed E-state index contributed by atoms with van der Waals surface area (Å²) < 4.78 is 7.10. The molecular formula is C23H24N6O2. The molecule has 0 fully saturated rings. The maximum atomic E-state index is 12.4. The third-order valence-corrected chi connectivity index (χ3v) is 4.68. The van der Waals surface area contributed by atoms with Crippen LogP contribution in [0.5, 0.6) is 5.75 Å². The van der Waals surface area contributed by atoms with Crippen molar-refractivity contribution in [3.8, 4) is 5.75 Å². The molecule has 3 heterocycles. The van der Waals surface area contributed by atoms with Crippen LogP contribution in [0.1, 0.15) is 16.1 Å². The second kappa shape index (κ2) is 9.17. The number of nitrogens with one attached hydrogen (secondary N) is 3. The molecule has 0 radical (unpaired) electrons. The zero-order valence-electron chi connectivity index (χ0n) is 17.4. The molecule has 31 heavy (non-hydrogen) atoms. The summed E-state index contributed by atoms with van der Waals surface area (Å²) in [7, 11) is 1.64. The number of hydrogen-bond donors (Lipinski definition) is 3. The maximum absolute atomic E-state index is 12.4. The minimum Gasteiger partial charge on any atom is -0.497 e. The zero-order chi connectivity index (χ0) is 21.6. The van der Waals surface area contributed by atoms with Gasteiger partial charge in [-0.15, -0.1) is 0 Å². The summed E-state index contributed by atoms with van der Waals surface area (Å²) >= 11 is 0. The molecule has 0 atom stereocenters. The van der Waals surface area contributed by atoms with Gasteiger partial charge in [0.2, 0.25) is 5.95 Å². The van der Waals surface area contributed by atoms with Gasteiger partial charge in [0, 0.05) is 48.4 Å². The summed E-state index contributed by atoms with van der Waals surface area (Å²) in [6.45, 7) is 2.86. The minimum atomic E-state index is -0.113. The number of aryl methyl sites for hydroxylation is 1. The number of carbonyl (C=O) groups is 1. The maximum Gasteiger partial charge on any atom is 0.252 e. The third-order valence-electron chi connectivity index (χ3n) is 4.68. The molecule has 8 nitrogen and oxygen atoms in total. The van der Waals surface area contributed by atoms with Gasteiger partial charge in [0.25, 0.3) is 5.91 Å². The van der Waals surface area contributed by atoms with Crippen LogP contribution in [-0.2, 0) is 0 Å². The van der Waals surface area contributed by atoms with Crippen LogP contribution in [0, 0.1) is 6.92 Å². The van der Waals surface area contributed by atoms with E-state index in [1.54, 1.807) is 7.11 Å². The van der Waals surface area contributed by atoms with Crippen LogP contribution in [0.3, 0.4) is 0 Å². The molecule has 8 heteroatoms. The van der Waals surface area contributed by atoms with Gasteiger partial charge < -0.3 is 25.1 Å². The van der Waals surface area contributed by atoms with E-state index in [0.717, 1.165) is 22.6 Å². The molecule has 0 aliphatic carbocycles. The number of aromatic nitrogens is 3.